The van der Waals surface area contributed by atoms with Crippen LogP contribution in [0, 0.1) is 18.8 Å². The van der Waals surface area contributed by atoms with Crippen LogP contribution in [0.4, 0.5) is 0 Å². The topological polar surface area (TPSA) is 52.6 Å². The third kappa shape index (κ3) is 4.85. The average molecular weight is 306 g/mol. The van der Waals surface area contributed by atoms with E-state index in [0.29, 0.717) is 11.4 Å². The van der Waals surface area contributed by atoms with Gasteiger partial charge in [-0.2, -0.15) is 0 Å². The van der Waals surface area contributed by atoms with Gasteiger partial charge in [0, 0.05) is 13.1 Å². The molecule has 0 radical (unpaired) electrons. The van der Waals surface area contributed by atoms with Crippen LogP contribution in [0.2, 0.25) is 0 Å². The molecule has 114 valence electrons. The zero-order valence-electron chi connectivity index (χ0n) is 12.4. The Balaban J connectivity index is 1.82. The second kappa shape index (κ2) is 8.18. The van der Waals surface area contributed by atoms with E-state index in [1.807, 2.05) is 13.0 Å². The van der Waals surface area contributed by atoms with Gasteiger partial charge in [0.2, 0.25) is 0 Å². The molecule has 21 heavy (non-hydrogen) atoms. The minimum atomic E-state index is -0.158. The van der Waals surface area contributed by atoms with Crippen molar-refractivity contribution in [1.82, 2.24) is 10.2 Å². The lowest BCUT2D eigenvalue weighted by Gasteiger charge is -2.26. The van der Waals surface area contributed by atoms with Crippen molar-refractivity contribution in [3.63, 3.8) is 0 Å². The van der Waals surface area contributed by atoms with Crippen molar-refractivity contribution in [3.05, 3.63) is 21.4 Å². The molecule has 1 aromatic heterocycles. The Morgan fingerprint density at radius 2 is 2.19 bits per heavy atom. The number of piperidine rings is 1. The highest BCUT2D eigenvalue weighted by atomic mass is 32.1. The maximum Gasteiger partial charge on any atom is 0.261 e. The van der Waals surface area contributed by atoms with E-state index < -0.39 is 0 Å². The minimum absolute atomic E-state index is 0.0304. The van der Waals surface area contributed by atoms with Crippen LogP contribution in [0.15, 0.2) is 6.07 Å². The number of amides is 1. The summed E-state index contributed by atoms with van der Waals surface area (Å²) >= 11 is 1.38. The van der Waals surface area contributed by atoms with Crippen molar-refractivity contribution in [2.24, 2.45) is 0 Å². The number of carbonyl (C=O) groups is 1. The third-order valence-corrected chi connectivity index (χ3v) is 4.74. The van der Waals surface area contributed by atoms with Crippen LogP contribution in [0.25, 0.3) is 0 Å². The molecule has 0 unspecified atom stereocenters. The first-order chi connectivity index (χ1) is 10.2. The Morgan fingerprint density at radius 3 is 2.90 bits per heavy atom. The van der Waals surface area contributed by atoms with Gasteiger partial charge >= 0.3 is 0 Å². The maximum atomic E-state index is 12.1. The summed E-state index contributed by atoms with van der Waals surface area (Å²) in [6, 6.07) is 1.86. The van der Waals surface area contributed by atoms with Gasteiger partial charge in [-0.1, -0.05) is 18.3 Å². The number of aliphatic hydroxyl groups excluding tert-OH is 1. The largest absolute Gasteiger partial charge is 0.384 e. The lowest BCUT2D eigenvalue weighted by molar-refractivity contribution is 0.0950. The first-order valence-corrected chi connectivity index (χ1v) is 8.23. The normalized spacial score (nSPS) is 15.3. The first-order valence-electron chi connectivity index (χ1n) is 7.41. The predicted octanol–water partition coefficient (Wildman–Crippen LogP) is 1.62. The summed E-state index contributed by atoms with van der Waals surface area (Å²) in [6.45, 7) is 5.68. The number of hydrogen-bond acceptors (Lipinski definition) is 4. The van der Waals surface area contributed by atoms with Gasteiger partial charge in [0.15, 0.2) is 0 Å². The Hall–Kier alpha value is -1.35. The minimum Gasteiger partial charge on any atom is -0.384 e. The summed E-state index contributed by atoms with van der Waals surface area (Å²) in [4.78, 5) is 16.1. The van der Waals surface area contributed by atoms with E-state index in [1.165, 1.54) is 30.6 Å². The lowest BCUT2D eigenvalue weighted by atomic mass is 10.1. The van der Waals surface area contributed by atoms with E-state index in [2.05, 4.69) is 22.1 Å². The number of nitrogens with one attached hydrogen (secondary N) is 1. The molecular formula is C16H22N2O2S. The van der Waals surface area contributed by atoms with Crippen molar-refractivity contribution >= 4 is 17.2 Å². The summed E-state index contributed by atoms with van der Waals surface area (Å²) in [6.07, 6.45) is 3.87. The van der Waals surface area contributed by atoms with Gasteiger partial charge in [-0.15, -0.1) is 11.3 Å². The van der Waals surface area contributed by atoms with Crippen molar-refractivity contribution in [2.75, 3.05) is 32.8 Å². The van der Waals surface area contributed by atoms with E-state index in [4.69, 9.17) is 5.11 Å². The molecular weight excluding hydrogens is 284 g/mol. The Bertz CT molecular complexity index is 536. The van der Waals surface area contributed by atoms with E-state index in [1.54, 1.807) is 0 Å². The molecule has 0 saturated carbocycles. The van der Waals surface area contributed by atoms with Crippen LogP contribution in [0.3, 0.4) is 0 Å². The fourth-order valence-corrected chi connectivity index (χ4v) is 3.40. The van der Waals surface area contributed by atoms with Crippen molar-refractivity contribution < 1.29 is 9.90 Å². The molecule has 2 N–H and O–H groups in total. The molecule has 0 aliphatic carbocycles. The predicted molar refractivity (Wildman–Crippen MR) is 85.6 cm³/mol. The quantitative estimate of drug-likeness (QED) is 0.831. The number of likely N-dealkylation sites (tertiary alicyclic amines) is 1. The van der Waals surface area contributed by atoms with Gasteiger partial charge in [-0.05, 0) is 44.5 Å². The smallest absolute Gasteiger partial charge is 0.261 e. The average Bonchev–Trinajstić information content (AvgIpc) is 2.87. The number of thiophene rings is 1. The van der Waals surface area contributed by atoms with Gasteiger partial charge < -0.3 is 15.3 Å². The third-order valence-electron chi connectivity index (χ3n) is 3.58. The molecule has 2 heterocycles. The molecule has 1 aliphatic rings. The molecule has 1 saturated heterocycles. The van der Waals surface area contributed by atoms with Gasteiger partial charge in [-0.3, -0.25) is 4.79 Å². The highest BCUT2D eigenvalue weighted by molar-refractivity contribution is 7.14. The molecule has 0 bridgehead atoms. The Labute approximate surface area is 130 Å². The van der Waals surface area contributed by atoms with Gasteiger partial charge in [0.05, 0.1) is 9.75 Å². The first kappa shape index (κ1) is 16.0. The summed E-state index contributed by atoms with van der Waals surface area (Å²) in [7, 11) is 0. The van der Waals surface area contributed by atoms with Crippen molar-refractivity contribution in [3.8, 4) is 11.8 Å². The fraction of sp³-hybridized carbons (Fsp3) is 0.562. The van der Waals surface area contributed by atoms with E-state index >= 15 is 0 Å². The number of aliphatic hydroxyl groups is 1. The summed E-state index contributed by atoms with van der Waals surface area (Å²) in [5, 5.41) is 11.7. The number of rotatable bonds is 4. The zero-order valence-corrected chi connectivity index (χ0v) is 13.3. The fourth-order valence-electron chi connectivity index (χ4n) is 2.44. The SMILES string of the molecule is Cc1cc(C(=O)NCCN2CCCCC2)sc1C#CCO. The Kier molecular flexibility index (Phi) is 6.24. The molecule has 1 fully saturated rings. The zero-order chi connectivity index (χ0) is 15.1. The van der Waals surface area contributed by atoms with Gasteiger partial charge in [0.25, 0.3) is 5.91 Å². The van der Waals surface area contributed by atoms with Crippen molar-refractivity contribution in [1.29, 1.82) is 0 Å². The van der Waals surface area contributed by atoms with Crippen LogP contribution in [0.5, 0.6) is 0 Å². The highest BCUT2D eigenvalue weighted by Gasteiger charge is 2.13. The monoisotopic (exact) mass is 306 g/mol. The number of nitrogens with zero attached hydrogens (tertiary/aromatic N) is 1. The number of hydrogen-bond donors (Lipinski definition) is 2. The van der Waals surface area contributed by atoms with Crippen LogP contribution in [-0.2, 0) is 0 Å². The van der Waals surface area contributed by atoms with E-state index in [0.717, 1.165) is 30.1 Å². The molecule has 5 heteroatoms. The van der Waals surface area contributed by atoms with Crippen LogP contribution < -0.4 is 5.32 Å². The number of carbonyl (C=O) groups excluding carboxylic acids is 1. The van der Waals surface area contributed by atoms with Crippen LogP contribution in [0.1, 0.15) is 39.4 Å². The standard InChI is InChI=1S/C16H22N2O2S/c1-13-12-15(21-14(13)6-5-11-19)16(20)17-7-10-18-8-3-2-4-9-18/h12,19H,2-4,7-11H2,1H3,(H,17,20). The summed E-state index contributed by atoms with van der Waals surface area (Å²) in [5.41, 5.74) is 0.988. The molecule has 4 nitrogen and oxygen atoms in total. The lowest BCUT2D eigenvalue weighted by Crippen LogP contribution is -2.37. The second-order valence-corrected chi connectivity index (χ2v) is 6.29. The molecule has 2 rings (SSSR count). The molecule has 1 amide bonds. The summed E-state index contributed by atoms with van der Waals surface area (Å²) < 4.78 is 0. The highest BCUT2D eigenvalue weighted by Crippen LogP contribution is 2.20. The maximum absolute atomic E-state index is 12.1. The molecule has 1 aliphatic heterocycles. The van der Waals surface area contributed by atoms with Crippen LogP contribution >= 0.6 is 11.3 Å². The number of aryl methyl sites for hydroxylation is 1. The van der Waals surface area contributed by atoms with Crippen LogP contribution in [-0.4, -0.2) is 48.7 Å². The van der Waals surface area contributed by atoms with E-state index in [-0.39, 0.29) is 12.5 Å². The van der Waals surface area contributed by atoms with E-state index in [9.17, 15) is 4.79 Å². The molecule has 0 spiro atoms. The molecule has 0 aromatic carbocycles. The van der Waals surface area contributed by atoms with Gasteiger partial charge in [-0.25, -0.2) is 0 Å². The molecule has 1 aromatic rings. The van der Waals surface area contributed by atoms with Gasteiger partial charge in [0.1, 0.15) is 6.61 Å². The van der Waals surface area contributed by atoms with Crippen molar-refractivity contribution in [2.45, 2.75) is 26.2 Å². The Morgan fingerprint density at radius 1 is 1.43 bits per heavy atom. The molecule has 0 atom stereocenters. The summed E-state index contributed by atoms with van der Waals surface area (Å²) in [5.74, 6) is 5.47. The second-order valence-electron chi connectivity index (χ2n) is 5.24.